The summed E-state index contributed by atoms with van der Waals surface area (Å²) in [5.41, 5.74) is 6.87. The van der Waals surface area contributed by atoms with Crippen LogP contribution in [0.15, 0.2) is 28.8 Å². The number of nitrogens with zero attached hydrogens (tertiary/aromatic N) is 2. The molecule has 1 aromatic heterocycles. The minimum atomic E-state index is -3.46. The quantitative estimate of drug-likeness (QED) is 0.925. The van der Waals surface area contributed by atoms with Crippen LogP contribution in [-0.2, 0) is 15.8 Å². The first-order valence-corrected chi connectivity index (χ1v) is 9.16. The second-order valence-corrected chi connectivity index (χ2v) is 7.84. The van der Waals surface area contributed by atoms with Crippen molar-refractivity contribution in [2.45, 2.75) is 31.6 Å². The lowest BCUT2D eigenvalue weighted by Gasteiger charge is -2.38. The van der Waals surface area contributed by atoms with Gasteiger partial charge in [-0.1, -0.05) is 24.2 Å². The van der Waals surface area contributed by atoms with Gasteiger partial charge in [0.05, 0.1) is 0 Å². The van der Waals surface area contributed by atoms with Crippen LogP contribution < -0.4 is 5.73 Å². The highest BCUT2D eigenvalue weighted by Crippen LogP contribution is 2.28. The summed E-state index contributed by atoms with van der Waals surface area (Å²) in [6, 6.07) is 7.17. The fraction of sp³-hybridized carbons (Fsp3) is 0.533. The molecule has 0 radical (unpaired) electrons. The number of hydrogen-bond acceptors (Lipinski definition) is 5. The van der Waals surface area contributed by atoms with Gasteiger partial charge < -0.3 is 10.3 Å². The van der Waals surface area contributed by atoms with E-state index in [1.807, 2.05) is 18.2 Å². The number of hydrogen-bond donors (Lipinski definition) is 1. The monoisotopic (exact) mass is 323 g/mol. The third-order valence-electron chi connectivity index (χ3n) is 4.43. The molecule has 0 bridgehead atoms. The Labute approximate surface area is 130 Å². The highest BCUT2D eigenvalue weighted by Gasteiger charge is 2.36. The van der Waals surface area contributed by atoms with E-state index >= 15 is 0 Å². The van der Waals surface area contributed by atoms with E-state index in [1.54, 1.807) is 10.4 Å². The van der Waals surface area contributed by atoms with E-state index in [-0.39, 0.29) is 17.7 Å². The Bertz CT molecular complexity index is 756. The number of benzene rings is 1. The summed E-state index contributed by atoms with van der Waals surface area (Å²) in [4.78, 5) is 0. The molecule has 0 amide bonds. The van der Waals surface area contributed by atoms with Gasteiger partial charge in [0.25, 0.3) is 0 Å². The smallest absolute Gasteiger partial charge is 0.220 e. The fourth-order valence-corrected chi connectivity index (χ4v) is 5.04. The van der Waals surface area contributed by atoms with Crippen LogP contribution in [-0.4, -0.2) is 37.0 Å². The maximum absolute atomic E-state index is 12.8. The molecule has 1 aromatic carbocycles. The van der Waals surface area contributed by atoms with Gasteiger partial charge in [0.1, 0.15) is 11.4 Å². The number of rotatable bonds is 4. The van der Waals surface area contributed by atoms with E-state index in [0.717, 1.165) is 18.2 Å². The van der Waals surface area contributed by atoms with Crippen LogP contribution >= 0.6 is 0 Å². The fourth-order valence-electron chi connectivity index (χ4n) is 3.20. The zero-order valence-corrected chi connectivity index (χ0v) is 13.4. The van der Waals surface area contributed by atoms with E-state index in [1.165, 1.54) is 0 Å². The van der Waals surface area contributed by atoms with Gasteiger partial charge in [0.15, 0.2) is 5.58 Å². The minimum absolute atomic E-state index is 0.128. The Balaban J connectivity index is 1.89. The van der Waals surface area contributed by atoms with Crippen molar-refractivity contribution in [1.82, 2.24) is 9.46 Å². The number of piperidine rings is 1. The molecule has 0 saturated carbocycles. The van der Waals surface area contributed by atoms with Crippen LogP contribution in [0, 0.1) is 5.92 Å². The molecule has 2 heterocycles. The standard InChI is InChI=1S/C15H21N3O3S/c1-11-5-4-8-18(14(11)9-16)22(19,20)10-13-12-6-2-3-7-15(12)21-17-13/h2-3,6-7,11,14H,4-5,8-10,16H2,1H3. The lowest BCUT2D eigenvalue weighted by atomic mass is 9.93. The molecule has 1 aliphatic heterocycles. The number of sulfonamides is 1. The lowest BCUT2D eigenvalue weighted by Crippen LogP contribution is -2.51. The maximum Gasteiger partial charge on any atom is 0.220 e. The van der Waals surface area contributed by atoms with Gasteiger partial charge in [-0.25, -0.2) is 8.42 Å². The summed E-state index contributed by atoms with van der Waals surface area (Å²) >= 11 is 0. The van der Waals surface area contributed by atoms with E-state index in [0.29, 0.717) is 24.4 Å². The molecule has 1 saturated heterocycles. The Morgan fingerprint density at radius 3 is 2.95 bits per heavy atom. The van der Waals surface area contributed by atoms with Crippen LogP contribution in [0.3, 0.4) is 0 Å². The molecule has 2 unspecified atom stereocenters. The summed E-state index contributed by atoms with van der Waals surface area (Å²) in [7, 11) is -3.46. The topological polar surface area (TPSA) is 89.4 Å². The molecule has 1 fully saturated rings. The van der Waals surface area contributed by atoms with Crippen molar-refractivity contribution >= 4 is 21.0 Å². The first-order valence-electron chi connectivity index (χ1n) is 7.56. The van der Waals surface area contributed by atoms with E-state index < -0.39 is 10.0 Å². The van der Waals surface area contributed by atoms with Gasteiger partial charge in [-0.15, -0.1) is 0 Å². The minimum Gasteiger partial charge on any atom is -0.356 e. The maximum atomic E-state index is 12.8. The van der Waals surface area contributed by atoms with Crippen LogP contribution in [0.2, 0.25) is 0 Å². The number of aromatic nitrogens is 1. The van der Waals surface area contributed by atoms with Gasteiger partial charge in [-0.05, 0) is 30.9 Å². The second kappa shape index (κ2) is 5.98. The first kappa shape index (κ1) is 15.5. The molecule has 1 aliphatic rings. The average Bonchev–Trinajstić information content (AvgIpc) is 2.90. The van der Waals surface area contributed by atoms with Crippen molar-refractivity contribution in [1.29, 1.82) is 0 Å². The Kier molecular flexibility index (Phi) is 4.20. The predicted molar refractivity (Wildman–Crippen MR) is 84.6 cm³/mol. The van der Waals surface area contributed by atoms with Crippen LogP contribution in [0.4, 0.5) is 0 Å². The van der Waals surface area contributed by atoms with Gasteiger partial charge in [-0.2, -0.15) is 4.31 Å². The van der Waals surface area contributed by atoms with Gasteiger partial charge in [-0.3, -0.25) is 0 Å². The average molecular weight is 323 g/mol. The van der Waals surface area contributed by atoms with Crippen molar-refractivity contribution in [2.24, 2.45) is 11.7 Å². The van der Waals surface area contributed by atoms with E-state index in [9.17, 15) is 8.42 Å². The Morgan fingerprint density at radius 1 is 1.41 bits per heavy atom. The van der Waals surface area contributed by atoms with Crippen LogP contribution in [0.1, 0.15) is 25.5 Å². The molecule has 2 N–H and O–H groups in total. The largest absolute Gasteiger partial charge is 0.356 e. The summed E-state index contributed by atoms with van der Waals surface area (Å²) in [6.07, 6.45) is 1.89. The third-order valence-corrected chi connectivity index (χ3v) is 6.24. The van der Waals surface area contributed by atoms with Crippen LogP contribution in [0.25, 0.3) is 11.0 Å². The van der Waals surface area contributed by atoms with Gasteiger partial charge in [0.2, 0.25) is 10.0 Å². The molecule has 22 heavy (non-hydrogen) atoms. The van der Waals surface area contributed by atoms with E-state index in [2.05, 4.69) is 12.1 Å². The van der Waals surface area contributed by atoms with Gasteiger partial charge >= 0.3 is 0 Å². The van der Waals surface area contributed by atoms with Crippen molar-refractivity contribution in [3.05, 3.63) is 30.0 Å². The Morgan fingerprint density at radius 2 is 2.18 bits per heavy atom. The highest BCUT2D eigenvalue weighted by molar-refractivity contribution is 7.88. The molecule has 0 aliphatic carbocycles. The SMILES string of the molecule is CC1CCCN(S(=O)(=O)Cc2noc3ccccc23)C1CN. The molecule has 3 rings (SSSR count). The van der Waals surface area contributed by atoms with Gasteiger partial charge in [0, 0.05) is 24.5 Å². The molecule has 0 spiro atoms. The number of nitrogens with two attached hydrogens (primary N) is 1. The van der Waals surface area contributed by atoms with Crippen LogP contribution in [0.5, 0.6) is 0 Å². The second-order valence-electron chi connectivity index (χ2n) is 5.91. The zero-order valence-electron chi connectivity index (χ0n) is 12.6. The molecule has 6 nitrogen and oxygen atoms in total. The molecule has 7 heteroatoms. The lowest BCUT2D eigenvalue weighted by molar-refractivity contribution is 0.192. The van der Waals surface area contributed by atoms with E-state index in [4.69, 9.17) is 10.3 Å². The van der Waals surface area contributed by atoms with Crippen molar-refractivity contribution in [3.8, 4) is 0 Å². The molecular weight excluding hydrogens is 302 g/mol. The third kappa shape index (κ3) is 2.76. The summed E-state index contributed by atoms with van der Waals surface area (Å²) in [6.45, 7) is 2.94. The summed E-state index contributed by atoms with van der Waals surface area (Å²) in [5.74, 6) is 0.135. The number of para-hydroxylation sites is 1. The molecule has 2 aromatic rings. The molecule has 2 atom stereocenters. The molecule has 120 valence electrons. The normalized spacial score (nSPS) is 23.9. The zero-order chi connectivity index (χ0) is 15.7. The number of fused-ring (bicyclic) bond motifs is 1. The molecular formula is C15H21N3O3S. The highest BCUT2D eigenvalue weighted by atomic mass is 32.2. The Hall–Kier alpha value is -1.44. The summed E-state index contributed by atoms with van der Waals surface area (Å²) in [5, 5.41) is 4.68. The van der Waals surface area contributed by atoms with Crippen molar-refractivity contribution in [3.63, 3.8) is 0 Å². The summed E-state index contributed by atoms with van der Waals surface area (Å²) < 4.78 is 32.4. The first-order chi connectivity index (χ1) is 10.5. The predicted octanol–water partition coefficient (Wildman–Crippen LogP) is 1.72. The van der Waals surface area contributed by atoms with Crippen molar-refractivity contribution in [2.75, 3.05) is 13.1 Å². The van der Waals surface area contributed by atoms with Crippen molar-refractivity contribution < 1.29 is 12.9 Å².